The zero-order chi connectivity index (χ0) is 29.7. The van der Waals surface area contributed by atoms with E-state index in [-0.39, 0.29) is 16.6 Å². The molecule has 0 radical (unpaired) electrons. The van der Waals surface area contributed by atoms with Gasteiger partial charge in [-0.3, -0.25) is 9.71 Å². The van der Waals surface area contributed by atoms with E-state index in [4.69, 9.17) is 4.52 Å². The number of rotatable bonds is 11. The molecule has 2 aromatic heterocycles. The van der Waals surface area contributed by atoms with E-state index >= 15 is 0 Å². The fourth-order valence-electron chi connectivity index (χ4n) is 4.04. The van der Waals surface area contributed by atoms with Gasteiger partial charge in [0.2, 0.25) is 5.82 Å². The van der Waals surface area contributed by atoms with Crippen LogP contribution < -0.4 is 10.0 Å². The molecule has 0 amide bonds. The largest absolute Gasteiger partial charge is 0.387 e. The Kier molecular flexibility index (Phi) is 8.61. The maximum absolute atomic E-state index is 14.0. The number of nitrogens with one attached hydrogen (secondary N) is 2. The third-order valence-electron chi connectivity index (χ3n) is 6.29. The second-order valence-corrected chi connectivity index (χ2v) is 10.9. The number of anilines is 1. The van der Waals surface area contributed by atoms with Crippen LogP contribution in [0.25, 0.3) is 22.8 Å². The van der Waals surface area contributed by atoms with Crippen LogP contribution in [0.1, 0.15) is 17.2 Å². The lowest BCUT2D eigenvalue weighted by molar-refractivity contribution is 0.174. The van der Waals surface area contributed by atoms with Crippen molar-refractivity contribution in [3.8, 4) is 22.8 Å². The summed E-state index contributed by atoms with van der Waals surface area (Å²) in [7, 11) is -3.92. The van der Waals surface area contributed by atoms with Crippen molar-refractivity contribution in [2.24, 2.45) is 0 Å². The molecule has 0 aliphatic carbocycles. The van der Waals surface area contributed by atoms with Gasteiger partial charge in [0, 0.05) is 41.8 Å². The van der Waals surface area contributed by atoms with Crippen molar-refractivity contribution in [1.82, 2.24) is 20.4 Å². The SMILES string of the molecule is O=S(=O)(Nc1ccc(CCNCC(O)c2cccnc2)cc1)c1ccc(-c2noc(-c3cc(F)c(F)cc3F)n2)cc1. The van der Waals surface area contributed by atoms with Gasteiger partial charge in [0.1, 0.15) is 5.82 Å². The van der Waals surface area contributed by atoms with Gasteiger partial charge in [0.25, 0.3) is 15.9 Å². The minimum absolute atomic E-state index is 0.00250. The summed E-state index contributed by atoms with van der Waals surface area (Å²) in [5, 5.41) is 17.1. The van der Waals surface area contributed by atoms with Crippen molar-refractivity contribution in [3.05, 3.63) is 114 Å². The molecule has 0 saturated carbocycles. The van der Waals surface area contributed by atoms with Gasteiger partial charge in [-0.2, -0.15) is 4.98 Å². The third-order valence-corrected chi connectivity index (χ3v) is 7.69. The highest BCUT2D eigenvalue weighted by atomic mass is 32.2. The lowest BCUT2D eigenvalue weighted by Crippen LogP contribution is -2.23. The molecule has 0 aliphatic rings. The van der Waals surface area contributed by atoms with E-state index in [1.807, 2.05) is 12.1 Å². The standard InChI is InChI=1S/C29H24F3N5O4S/c30-24-15-26(32)25(31)14-23(24)29-35-28(36-41-29)19-5-9-22(10-6-19)42(39,40)37-21-7-3-18(4-8-21)11-13-34-17-27(38)20-2-1-12-33-16-20/h1-10,12,14-16,27,34,37-38H,11,13,17H2. The summed E-state index contributed by atoms with van der Waals surface area (Å²) in [5.74, 6) is -4.05. The highest BCUT2D eigenvalue weighted by Gasteiger charge is 2.19. The molecule has 5 aromatic rings. The van der Waals surface area contributed by atoms with Crippen LogP contribution in [0.5, 0.6) is 0 Å². The first kappa shape index (κ1) is 28.9. The Labute approximate surface area is 239 Å². The molecule has 2 heterocycles. The monoisotopic (exact) mass is 595 g/mol. The predicted octanol–water partition coefficient (Wildman–Crippen LogP) is 4.88. The van der Waals surface area contributed by atoms with Gasteiger partial charge in [-0.05, 0) is 67.1 Å². The number of aliphatic hydroxyl groups excluding tert-OH is 1. The van der Waals surface area contributed by atoms with Gasteiger partial charge in [0.05, 0.1) is 16.6 Å². The molecule has 1 atom stereocenters. The lowest BCUT2D eigenvalue weighted by atomic mass is 10.1. The van der Waals surface area contributed by atoms with Crippen LogP contribution >= 0.6 is 0 Å². The average Bonchev–Trinajstić information content (AvgIpc) is 3.48. The van der Waals surface area contributed by atoms with E-state index in [0.717, 1.165) is 11.1 Å². The van der Waals surface area contributed by atoms with Crippen LogP contribution in [0.15, 0.2) is 94.6 Å². The summed E-state index contributed by atoms with van der Waals surface area (Å²) >= 11 is 0. The van der Waals surface area contributed by atoms with Gasteiger partial charge in [-0.15, -0.1) is 0 Å². The van der Waals surface area contributed by atoms with Crippen molar-refractivity contribution < 1.29 is 31.2 Å². The van der Waals surface area contributed by atoms with Crippen LogP contribution in [0, 0.1) is 17.5 Å². The fourth-order valence-corrected chi connectivity index (χ4v) is 5.09. The molecule has 216 valence electrons. The van der Waals surface area contributed by atoms with Crippen LogP contribution in [0.2, 0.25) is 0 Å². The second kappa shape index (κ2) is 12.5. The number of benzene rings is 3. The Bertz CT molecular complexity index is 1770. The number of aromatic nitrogens is 3. The molecular formula is C29H24F3N5O4S. The number of aliphatic hydroxyl groups is 1. The number of pyridine rings is 1. The minimum Gasteiger partial charge on any atom is -0.387 e. The fraction of sp³-hybridized carbons (Fsp3) is 0.138. The molecule has 0 fully saturated rings. The van der Waals surface area contributed by atoms with E-state index < -0.39 is 39.1 Å². The summed E-state index contributed by atoms with van der Waals surface area (Å²) in [5.41, 5.74) is 2.04. The highest BCUT2D eigenvalue weighted by Crippen LogP contribution is 2.27. The Morgan fingerprint density at radius 1 is 0.929 bits per heavy atom. The summed E-state index contributed by atoms with van der Waals surface area (Å²) in [6, 6.07) is 17.1. The Morgan fingerprint density at radius 3 is 2.38 bits per heavy atom. The number of nitrogens with zero attached hydrogens (tertiary/aromatic N) is 3. The van der Waals surface area contributed by atoms with Crippen molar-refractivity contribution in [2.75, 3.05) is 17.8 Å². The van der Waals surface area contributed by atoms with E-state index in [2.05, 4.69) is 25.2 Å². The smallest absolute Gasteiger partial charge is 0.261 e. The van der Waals surface area contributed by atoms with E-state index in [1.54, 1.807) is 36.7 Å². The molecule has 3 aromatic carbocycles. The molecule has 13 heteroatoms. The maximum Gasteiger partial charge on any atom is 0.261 e. The maximum atomic E-state index is 14.0. The van der Waals surface area contributed by atoms with E-state index in [0.29, 0.717) is 42.9 Å². The highest BCUT2D eigenvalue weighted by molar-refractivity contribution is 7.92. The molecular weight excluding hydrogens is 571 g/mol. The number of sulfonamides is 1. The predicted molar refractivity (Wildman–Crippen MR) is 148 cm³/mol. The quantitative estimate of drug-likeness (QED) is 0.146. The summed E-state index contributed by atoms with van der Waals surface area (Å²) < 4.78 is 74.1. The van der Waals surface area contributed by atoms with Gasteiger partial charge < -0.3 is 14.9 Å². The van der Waals surface area contributed by atoms with Crippen LogP contribution in [-0.2, 0) is 16.4 Å². The van der Waals surface area contributed by atoms with Crippen molar-refractivity contribution in [1.29, 1.82) is 0 Å². The average molecular weight is 596 g/mol. The van der Waals surface area contributed by atoms with Gasteiger partial charge in [0.15, 0.2) is 11.6 Å². The number of halogens is 3. The first-order valence-electron chi connectivity index (χ1n) is 12.7. The number of hydrogen-bond acceptors (Lipinski definition) is 8. The molecule has 0 aliphatic heterocycles. The molecule has 0 saturated heterocycles. The van der Waals surface area contributed by atoms with Crippen LogP contribution in [0.3, 0.4) is 0 Å². The number of hydrogen-bond donors (Lipinski definition) is 3. The van der Waals surface area contributed by atoms with Crippen molar-refractivity contribution in [2.45, 2.75) is 17.4 Å². The summed E-state index contributed by atoms with van der Waals surface area (Å²) in [6.45, 7) is 0.995. The summed E-state index contributed by atoms with van der Waals surface area (Å²) in [4.78, 5) is 7.98. The second-order valence-electron chi connectivity index (χ2n) is 9.25. The first-order chi connectivity index (χ1) is 20.2. The molecule has 1 unspecified atom stereocenters. The van der Waals surface area contributed by atoms with E-state index in [9.17, 15) is 26.7 Å². The van der Waals surface area contributed by atoms with Crippen LogP contribution in [-0.4, -0.2) is 41.7 Å². The van der Waals surface area contributed by atoms with E-state index in [1.165, 1.54) is 24.3 Å². The lowest BCUT2D eigenvalue weighted by Gasteiger charge is -2.12. The van der Waals surface area contributed by atoms with Crippen molar-refractivity contribution in [3.63, 3.8) is 0 Å². The van der Waals surface area contributed by atoms with Gasteiger partial charge in [-0.25, -0.2) is 21.6 Å². The molecule has 42 heavy (non-hydrogen) atoms. The normalized spacial score (nSPS) is 12.3. The topological polar surface area (TPSA) is 130 Å². The Balaban J connectivity index is 1.16. The zero-order valence-electron chi connectivity index (χ0n) is 21.8. The van der Waals surface area contributed by atoms with Gasteiger partial charge in [-0.1, -0.05) is 23.4 Å². The molecule has 0 bridgehead atoms. The summed E-state index contributed by atoms with van der Waals surface area (Å²) in [6.07, 6.45) is 3.28. The molecule has 0 spiro atoms. The molecule has 5 rings (SSSR count). The molecule has 3 N–H and O–H groups in total. The molecule has 9 nitrogen and oxygen atoms in total. The van der Waals surface area contributed by atoms with Crippen LogP contribution in [0.4, 0.5) is 18.9 Å². The van der Waals surface area contributed by atoms with Gasteiger partial charge >= 0.3 is 0 Å². The first-order valence-corrected chi connectivity index (χ1v) is 14.2. The zero-order valence-corrected chi connectivity index (χ0v) is 22.7. The van der Waals surface area contributed by atoms with Crippen molar-refractivity contribution >= 4 is 15.7 Å². The minimum atomic E-state index is -3.92. The third kappa shape index (κ3) is 6.82. The Hall–Kier alpha value is -4.59. The Morgan fingerprint density at radius 2 is 1.67 bits per heavy atom.